The zero-order valence-electron chi connectivity index (χ0n) is 21.0. The summed E-state index contributed by atoms with van der Waals surface area (Å²) < 4.78 is 35.8. The van der Waals surface area contributed by atoms with E-state index < -0.39 is 15.4 Å². The average molecular weight is 587 g/mol. The molecule has 0 bridgehead atoms. The first-order chi connectivity index (χ1) is 18.5. The van der Waals surface area contributed by atoms with E-state index in [1.54, 1.807) is 18.2 Å². The summed E-state index contributed by atoms with van der Waals surface area (Å²) in [6.45, 7) is 4.48. The lowest BCUT2D eigenvalue weighted by atomic mass is 9.77. The second-order valence-corrected chi connectivity index (χ2v) is 11.2. The molecule has 0 unspecified atom stereocenters. The number of hydrogen-bond donors (Lipinski definition) is 1. The lowest BCUT2D eigenvalue weighted by Crippen LogP contribution is -2.19. The fraction of sp³-hybridized carbons (Fsp3) is 0.231. The normalized spacial score (nSPS) is 11.7. The molecule has 2 N–H and O–H groups in total. The minimum absolute atomic E-state index is 0.153. The van der Waals surface area contributed by atoms with Crippen LogP contribution in [0.1, 0.15) is 36.2 Å². The van der Waals surface area contributed by atoms with Gasteiger partial charge in [-0.25, -0.2) is 28.5 Å². The van der Waals surface area contributed by atoms with Gasteiger partial charge in [0, 0.05) is 11.6 Å². The van der Waals surface area contributed by atoms with Gasteiger partial charge in [-0.15, -0.1) is 11.6 Å². The SMILES string of the molecule is CC(C)(c1ccc(OCc2ccnc(-n3cnc(S(N)(=O)=O)c3)n2)cc1)c1cc(Cl)c(OCCCl)c(C#N)c1. The van der Waals surface area contributed by atoms with Gasteiger partial charge in [0.15, 0.2) is 10.8 Å². The minimum atomic E-state index is -3.93. The number of nitriles is 1. The molecular weight excluding hydrogens is 563 g/mol. The van der Waals surface area contributed by atoms with Crippen LogP contribution >= 0.6 is 23.2 Å². The van der Waals surface area contributed by atoms with Gasteiger partial charge in [0.05, 0.1) is 28.4 Å². The van der Waals surface area contributed by atoms with Gasteiger partial charge in [-0.1, -0.05) is 37.6 Å². The quantitative estimate of drug-likeness (QED) is 0.270. The van der Waals surface area contributed by atoms with Crippen molar-refractivity contribution in [2.24, 2.45) is 5.14 Å². The van der Waals surface area contributed by atoms with Crippen LogP contribution in [0.15, 0.2) is 66.2 Å². The van der Waals surface area contributed by atoms with Gasteiger partial charge < -0.3 is 9.47 Å². The van der Waals surface area contributed by atoms with Crippen LogP contribution in [0.4, 0.5) is 0 Å². The number of aromatic nitrogens is 4. The molecule has 0 amide bonds. The number of nitrogens with two attached hydrogens (primary N) is 1. The third-order valence-electron chi connectivity index (χ3n) is 5.95. The van der Waals surface area contributed by atoms with E-state index in [1.807, 2.05) is 38.1 Å². The van der Waals surface area contributed by atoms with Gasteiger partial charge in [-0.05, 0) is 41.5 Å². The van der Waals surface area contributed by atoms with E-state index in [-0.39, 0.29) is 30.1 Å². The molecule has 202 valence electrons. The van der Waals surface area contributed by atoms with Crippen molar-refractivity contribution in [2.75, 3.05) is 12.5 Å². The average Bonchev–Trinajstić information content (AvgIpc) is 3.43. The first-order valence-electron chi connectivity index (χ1n) is 11.6. The molecule has 0 aliphatic heterocycles. The molecule has 2 aromatic carbocycles. The van der Waals surface area contributed by atoms with Crippen molar-refractivity contribution in [3.05, 3.63) is 88.6 Å². The van der Waals surface area contributed by atoms with Crippen molar-refractivity contribution in [1.29, 1.82) is 5.26 Å². The highest BCUT2D eigenvalue weighted by molar-refractivity contribution is 7.89. The van der Waals surface area contributed by atoms with E-state index in [0.717, 1.165) is 11.1 Å². The van der Waals surface area contributed by atoms with Gasteiger partial charge in [0.2, 0.25) is 5.95 Å². The van der Waals surface area contributed by atoms with Gasteiger partial charge in [0.25, 0.3) is 10.0 Å². The number of imidazole rings is 1. The van der Waals surface area contributed by atoms with Gasteiger partial charge in [-0.3, -0.25) is 4.57 Å². The topological polar surface area (TPSA) is 146 Å². The van der Waals surface area contributed by atoms with E-state index in [0.29, 0.717) is 27.8 Å². The maximum Gasteiger partial charge on any atom is 0.257 e. The molecule has 39 heavy (non-hydrogen) atoms. The third kappa shape index (κ3) is 6.49. The van der Waals surface area contributed by atoms with E-state index in [1.165, 1.54) is 23.3 Å². The Kier molecular flexibility index (Phi) is 8.42. The van der Waals surface area contributed by atoms with Crippen LogP contribution in [-0.2, 0) is 22.0 Å². The van der Waals surface area contributed by atoms with Crippen LogP contribution in [0.25, 0.3) is 5.95 Å². The maximum atomic E-state index is 11.5. The lowest BCUT2D eigenvalue weighted by molar-refractivity contribution is 0.300. The number of alkyl halides is 1. The second-order valence-electron chi connectivity index (χ2n) is 8.93. The molecule has 0 spiro atoms. The lowest BCUT2D eigenvalue weighted by Gasteiger charge is -2.27. The Balaban J connectivity index is 1.48. The predicted octanol–water partition coefficient (Wildman–Crippen LogP) is 4.36. The molecular formula is C26H24Cl2N6O4S. The number of sulfonamides is 1. The monoisotopic (exact) mass is 586 g/mol. The number of rotatable bonds is 10. The molecule has 13 heteroatoms. The van der Waals surface area contributed by atoms with Crippen molar-refractivity contribution in [3.63, 3.8) is 0 Å². The van der Waals surface area contributed by atoms with Crippen molar-refractivity contribution < 1.29 is 17.9 Å². The molecule has 0 fully saturated rings. The van der Waals surface area contributed by atoms with Crippen LogP contribution in [0.5, 0.6) is 11.5 Å². The Morgan fingerprint density at radius 3 is 2.49 bits per heavy atom. The Bertz CT molecular complexity index is 1630. The number of benzene rings is 2. The Hall–Kier alpha value is -3.69. The van der Waals surface area contributed by atoms with Gasteiger partial charge in [0.1, 0.15) is 31.4 Å². The second kappa shape index (κ2) is 11.6. The minimum Gasteiger partial charge on any atom is -0.489 e. The standard InChI is InChI=1S/C26H24Cl2N6O4S/c1-26(2,19-11-17(13-29)24(22(28)12-19)37-10-8-27)18-3-5-21(6-4-18)38-15-20-7-9-31-25(33-20)34-14-23(32-16-34)39(30,35)36/h3-7,9,11-12,14,16H,8,10,15H2,1-2H3,(H2,30,35,36). The Morgan fingerprint density at radius 2 is 1.85 bits per heavy atom. The van der Waals surface area contributed by atoms with Crippen LogP contribution < -0.4 is 14.6 Å². The molecule has 0 aliphatic carbocycles. The zero-order valence-corrected chi connectivity index (χ0v) is 23.3. The number of primary sulfonamides is 1. The number of ether oxygens (including phenoxy) is 2. The Labute approximate surface area is 236 Å². The molecule has 4 aromatic rings. The number of hydrogen-bond acceptors (Lipinski definition) is 8. The first kappa shape index (κ1) is 28.3. The van der Waals surface area contributed by atoms with E-state index in [4.69, 9.17) is 37.8 Å². The van der Waals surface area contributed by atoms with Crippen LogP contribution in [0.2, 0.25) is 5.02 Å². The summed E-state index contributed by atoms with van der Waals surface area (Å²) in [6.07, 6.45) is 4.05. The van der Waals surface area contributed by atoms with Crippen molar-refractivity contribution >= 4 is 33.2 Å². The molecule has 0 aliphatic rings. The van der Waals surface area contributed by atoms with E-state index in [9.17, 15) is 13.7 Å². The fourth-order valence-electron chi connectivity index (χ4n) is 3.77. The molecule has 0 atom stereocenters. The molecule has 2 heterocycles. The summed E-state index contributed by atoms with van der Waals surface area (Å²) in [4.78, 5) is 12.3. The summed E-state index contributed by atoms with van der Waals surface area (Å²) in [5.74, 6) is 1.46. The summed E-state index contributed by atoms with van der Waals surface area (Å²) in [5, 5.41) is 14.8. The number of halogens is 2. The molecule has 2 aromatic heterocycles. The fourth-order valence-corrected chi connectivity index (χ4v) is 4.57. The predicted molar refractivity (Wildman–Crippen MR) is 146 cm³/mol. The molecule has 4 rings (SSSR count). The van der Waals surface area contributed by atoms with Crippen molar-refractivity contribution in [3.8, 4) is 23.5 Å². The van der Waals surface area contributed by atoms with Gasteiger partial charge in [-0.2, -0.15) is 5.26 Å². The molecule has 0 saturated heterocycles. The van der Waals surface area contributed by atoms with E-state index >= 15 is 0 Å². The zero-order chi connectivity index (χ0) is 28.2. The first-order valence-corrected chi connectivity index (χ1v) is 14.0. The Morgan fingerprint density at radius 1 is 1.10 bits per heavy atom. The number of nitrogens with zero attached hydrogens (tertiary/aromatic N) is 5. The van der Waals surface area contributed by atoms with Crippen LogP contribution in [0.3, 0.4) is 0 Å². The third-order valence-corrected chi connectivity index (χ3v) is 7.18. The van der Waals surface area contributed by atoms with Crippen LogP contribution in [-0.4, -0.2) is 40.4 Å². The summed E-state index contributed by atoms with van der Waals surface area (Å²) >= 11 is 12.2. The van der Waals surface area contributed by atoms with Crippen LogP contribution in [0, 0.1) is 11.3 Å². The molecule has 0 radical (unpaired) electrons. The molecule has 10 nitrogen and oxygen atoms in total. The largest absolute Gasteiger partial charge is 0.489 e. The highest BCUT2D eigenvalue weighted by Gasteiger charge is 2.26. The summed E-state index contributed by atoms with van der Waals surface area (Å²) in [6, 6.07) is 15.0. The highest BCUT2D eigenvalue weighted by atomic mass is 35.5. The highest BCUT2D eigenvalue weighted by Crippen LogP contribution is 2.38. The van der Waals surface area contributed by atoms with E-state index in [2.05, 4.69) is 21.0 Å². The maximum absolute atomic E-state index is 11.5. The molecule has 0 saturated carbocycles. The summed E-state index contributed by atoms with van der Waals surface area (Å²) in [5.41, 5.74) is 2.29. The van der Waals surface area contributed by atoms with Crippen molar-refractivity contribution in [1.82, 2.24) is 19.5 Å². The van der Waals surface area contributed by atoms with Gasteiger partial charge >= 0.3 is 0 Å². The smallest absolute Gasteiger partial charge is 0.257 e. The van der Waals surface area contributed by atoms with Crippen molar-refractivity contribution in [2.45, 2.75) is 30.9 Å². The summed E-state index contributed by atoms with van der Waals surface area (Å²) in [7, 11) is -3.93.